The van der Waals surface area contributed by atoms with Gasteiger partial charge in [0.25, 0.3) is 0 Å². The summed E-state index contributed by atoms with van der Waals surface area (Å²) in [5, 5.41) is 4.44. The Labute approximate surface area is 103 Å². The Morgan fingerprint density at radius 2 is 2.06 bits per heavy atom. The van der Waals surface area contributed by atoms with Crippen molar-refractivity contribution in [3.05, 3.63) is 17.0 Å². The minimum atomic E-state index is 0.117. The quantitative estimate of drug-likeness (QED) is 0.873. The minimum Gasteiger partial charge on any atom is -0.381 e. The Morgan fingerprint density at radius 3 is 2.59 bits per heavy atom. The molecule has 0 amide bonds. The van der Waals surface area contributed by atoms with E-state index in [1.807, 2.05) is 18.7 Å². The lowest BCUT2D eigenvalue weighted by molar-refractivity contribution is 0.0618. The number of aryl methyl sites for hydroxylation is 2. The number of rotatable bonds is 3. The van der Waals surface area contributed by atoms with Crippen LogP contribution in [-0.4, -0.2) is 23.0 Å². The van der Waals surface area contributed by atoms with Crippen molar-refractivity contribution < 1.29 is 4.74 Å². The summed E-state index contributed by atoms with van der Waals surface area (Å²) in [5.74, 6) is 0.706. The highest BCUT2D eigenvalue weighted by molar-refractivity contribution is 5.27. The monoisotopic (exact) mass is 237 g/mol. The Balaban J connectivity index is 2.05. The summed E-state index contributed by atoms with van der Waals surface area (Å²) in [4.78, 5) is 0. The van der Waals surface area contributed by atoms with Gasteiger partial charge in [-0.3, -0.25) is 4.68 Å². The maximum absolute atomic E-state index is 6.35. The van der Waals surface area contributed by atoms with Gasteiger partial charge in [0.15, 0.2) is 0 Å². The molecule has 0 saturated carbocycles. The van der Waals surface area contributed by atoms with E-state index in [-0.39, 0.29) is 6.04 Å². The summed E-state index contributed by atoms with van der Waals surface area (Å²) in [6, 6.07) is 0.117. The molecule has 1 unspecified atom stereocenters. The molecule has 0 bridgehead atoms. The maximum atomic E-state index is 6.35. The van der Waals surface area contributed by atoms with E-state index in [1.165, 1.54) is 11.3 Å². The van der Waals surface area contributed by atoms with Crippen LogP contribution in [-0.2, 0) is 11.8 Å². The van der Waals surface area contributed by atoms with Crippen LogP contribution in [0.3, 0.4) is 0 Å². The average molecular weight is 237 g/mol. The first-order valence-corrected chi connectivity index (χ1v) is 6.43. The van der Waals surface area contributed by atoms with E-state index in [9.17, 15) is 0 Å². The van der Waals surface area contributed by atoms with E-state index in [4.69, 9.17) is 10.5 Å². The van der Waals surface area contributed by atoms with Crippen LogP contribution in [0.2, 0.25) is 0 Å². The third-order valence-corrected chi connectivity index (χ3v) is 3.86. The standard InChI is InChI=1S/C13H23N3O/c1-9-13(10(2)16(3)15-9)12(14)8-11-4-6-17-7-5-11/h11-12H,4-8,14H2,1-3H3. The Morgan fingerprint density at radius 1 is 1.41 bits per heavy atom. The summed E-state index contributed by atoms with van der Waals surface area (Å²) in [5.41, 5.74) is 9.85. The third kappa shape index (κ3) is 2.69. The SMILES string of the molecule is Cc1nn(C)c(C)c1C(N)CC1CCOCC1. The molecule has 1 aromatic heterocycles. The van der Waals surface area contributed by atoms with Crippen LogP contribution in [0.5, 0.6) is 0 Å². The molecule has 1 aliphatic heterocycles. The molecule has 96 valence electrons. The number of hydrogen-bond donors (Lipinski definition) is 1. The second-order valence-corrected chi connectivity index (χ2v) is 5.11. The van der Waals surface area contributed by atoms with Gasteiger partial charge in [-0.1, -0.05) is 0 Å². The highest BCUT2D eigenvalue weighted by atomic mass is 16.5. The molecule has 0 radical (unpaired) electrons. The van der Waals surface area contributed by atoms with Gasteiger partial charge in [-0.05, 0) is 39.0 Å². The van der Waals surface area contributed by atoms with E-state index in [0.717, 1.165) is 38.2 Å². The molecule has 1 fully saturated rings. The molecule has 1 aliphatic rings. The predicted molar refractivity (Wildman–Crippen MR) is 67.8 cm³/mol. The molecule has 4 heteroatoms. The topological polar surface area (TPSA) is 53.1 Å². The molecule has 1 aromatic rings. The highest BCUT2D eigenvalue weighted by Crippen LogP contribution is 2.29. The van der Waals surface area contributed by atoms with Crippen LogP contribution in [0.25, 0.3) is 0 Å². The van der Waals surface area contributed by atoms with Gasteiger partial charge >= 0.3 is 0 Å². The van der Waals surface area contributed by atoms with E-state index in [0.29, 0.717) is 5.92 Å². The van der Waals surface area contributed by atoms with E-state index < -0.39 is 0 Å². The van der Waals surface area contributed by atoms with Gasteiger partial charge in [0.2, 0.25) is 0 Å². The van der Waals surface area contributed by atoms with E-state index >= 15 is 0 Å². The van der Waals surface area contributed by atoms with E-state index in [1.54, 1.807) is 0 Å². The van der Waals surface area contributed by atoms with Gasteiger partial charge < -0.3 is 10.5 Å². The second-order valence-electron chi connectivity index (χ2n) is 5.11. The van der Waals surface area contributed by atoms with Gasteiger partial charge in [-0.25, -0.2) is 0 Å². The molecule has 17 heavy (non-hydrogen) atoms. The lowest BCUT2D eigenvalue weighted by Gasteiger charge is -2.25. The van der Waals surface area contributed by atoms with Crippen LogP contribution in [0.4, 0.5) is 0 Å². The van der Waals surface area contributed by atoms with Gasteiger partial charge in [-0.15, -0.1) is 0 Å². The largest absolute Gasteiger partial charge is 0.381 e. The summed E-state index contributed by atoms with van der Waals surface area (Å²) in [6.45, 7) is 5.93. The average Bonchev–Trinajstić information content (AvgIpc) is 2.54. The third-order valence-electron chi connectivity index (χ3n) is 3.86. The van der Waals surface area contributed by atoms with Crippen molar-refractivity contribution in [3.8, 4) is 0 Å². The Hall–Kier alpha value is -0.870. The molecule has 1 saturated heterocycles. The van der Waals surface area contributed by atoms with Gasteiger partial charge in [0.1, 0.15) is 0 Å². The van der Waals surface area contributed by atoms with Crippen LogP contribution in [0.1, 0.15) is 42.3 Å². The molecule has 1 atom stereocenters. The molecule has 0 aromatic carbocycles. The van der Waals surface area contributed by atoms with Crippen LogP contribution in [0, 0.1) is 19.8 Å². The van der Waals surface area contributed by atoms with Crippen molar-refractivity contribution >= 4 is 0 Å². The summed E-state index contributed by atoms with van der Waals surface area (Å²) in [6.07, 6.45) is 3.34. The van der Waals surface area contributed by atoms with Crippen molar-refractivity contribution in [1.82, 2.24) is 9.78 Å². The maximum Gasteiger partial charge on any atom is 0.0644 e. The first-order chi connectivity index (χ1) is 8.09. The first kappa shape index (κ1) is 12.6. The zero-order chi connectivity index (χ0) is 12.4. The number of ether oxygens (including phenoxy) is 1. The van der Waals surface area contributed by atoms with Gasteiger partial charge in [0.05, 0.1) is 5.69 Å². The highest BCUT2D eigenvalue weighted by Gasteiger charge is 2.22. The molecule has 0 aliphatic carbocycles. The zero-order valence-electron chi connectivity index (χ0n) is 11.1. The summed E-state index contributed by atoms with van der Waals surface area (Å²) in [7, 11) is 1.98. The molecule has 2 rings (SSSR count). The number of nitrogens with two attached hydrogens (primary N) is 1. The second kappa shape index (κ2) is 5.19. The minimum absolute atomic E-state index is 0.117. The van der Waals surface area contributed by atoms with Gasteiger partial charge in [-0.2, -0.15) is 5.10 Å². The van der Waals surface area contributed by atoms with Crippen LogP contribution >= 0.6 is 0 Å². The number of hydrogen-bond acceptors (Lipinski definition) is 3. The lowest BCUT2D eigenvalue weighted by Crippen LogP contribution is -2.22. The number of aromatic nitrogens is 2. The van der Waals surface area contributed by atoms with Crippen molar-refractivity contribution in [3.63, 3.8) is 0 Å². The van der Waals surface area contributed by atoms with Crippen molar-refractivity contribution in [2.45, 2.75) is 39.2 Å². The predicted octanol–water partition coefficient (Wildman–Crippen LogP) is 1.85. The molecule has 2 N–H and O–H groups in total. The van der Waals surface area contributed by atoms with Gasteiger partial charge in [0, 0.05) is 37.6 Å². The zero-order valence-corrected chi connectivity index (χ0v) is 11.1. The number of nitrogens with zero attached hydrogens (tertiary/aromatic N) is 2. The fourth-order valence-electron chi connectivity index (χ4n) is 2.79. The van der Waals surface area contributed by atoms with Crippen LogP contribution < -0.4 is 5.73 Å². The molecular weight excluding hydrogens is 214 g/mol. The molecular formula is C13H23N3O. The lowest BCUT2D eigenvalue weighted by atomic mass is 9.89. The van der Waals surface area contributed by atoms with Crippen LogP contribution in [0.15, 0.2) is 0 Å². The van der Waals surface area contributed by atoms with Crippen molar-refractivity contribution in [1.29, 1.82) is 0 Å². The smallest absolute Gasteiger partial charge is 0.0644 e. The molecule has 4 nitrogen and oxygen atoms in total. The first-order valence-electron chi connectivity index (χ1n) is 6.43. The Kier molecular flexibility index (Phi) is 3.84. The fraction of sp³-hybridized carbons (Fsp3) is 0.769. The van der Waals surface area contributed by atoms with Crippen molar-refractivity contribution in [2.75, 3.05) is 13.2 Å². The van der Waals surface area contributed by atoms with Crippen molar-refractivity contribution in [2.24, 2.45) is 18.7 Å². The van der Waals surface area contributed by atoms with E-state index in [2.05, 4.69) is 12.0 Å². The molecule has 2 heterocycles. The molecule has 0 spiro atoms. The Bertz CT molecular complexity index is 380. The fourth-order valence-corrected chi connectivity index (χ4v) is 2.79. The summed E-state index contributed by atoms with van der Waals surface area (Å²) < 4.78 is 7.31. The normalized spacial score (nSPS) is 19.5. The summed E-state index contributed by atoms with van der Waals surface area (Å²) >= 11 is 0.